The number of hydrogen-bond donors (Lipinski definition) is 3. The van der Waals surface area contributed by atoms with Crippen LogP contribution in [0.25, 0.3) is 0 Å². The zero-order chi connectivity index (χ0) is 16.0. The van der Waals surface area contributed by atoms with Gasteiger partial charge in [0.15, 0.2) is 0 Å². The predicted octanol–water partition coefficient (Wildman–Crippen LogP) is 2.33. The van der Waals surface area contributed by atoms with Crippen LogP contribution in [0.2, 0.25) is 0 Å². The second-order valence-corrected chi connectivity index (χ2v) is 8.77. The van der Waals surface area contributed by atoms with Gasteiger partial charge in [-0.3, -0.25) is 0 Å². The molecule has 130 valence electrons. The fourth-order valence-corrected chi connectivity index (χ4v) is 5.44. The van der Waals surface area contributed by atoms with Gasteiger partial charge in [-0.05, 0) is 63.2 Å². The van der Waals surface area contributed by atoms with Crippen LogP contribution in [0.5, 0.6) is 0 Å². The Bertz CT molecular complexity index is 463. The molecule has 1 saturated heterocycles. The fraction of sp³-hybridized carbons (Fsp3) is 0.944. The standard InChI is InChI=1S/C18H30N2O3/c21-13-17(10-16(11-17)4-1-5-16)12-19-15(22)20-14-3-8-23-18(9-14)6-2-7-18/h14,21H,1-13H2,(H2,19,20,22). The van der Waals surface area contributed by atoms with E-state index >= 15 is 0 Å². The Balaban J connectivity index is 1.22. The Morgan fingerprint density at radius 3 is 2.48 bits per heavy atom. The third-order valence-corrected chi connectivity index (χ3v) is 6.97. The van der Waals surface area contributed by atoms with E-state index in [0.29, 0.717) is 12.0 Å². The second-order valence-electron chi connectivity index (χ2n) is 8.77. The molecule has 0 aromatic heterocycles. The molecule has 1 atom stereocenters. The van der Waals surface area contributed by atoms with Crippen LogP contribution >= 0.6 is 0 Å². The molecule has 3 saturated carbocycles. The maximum atomic E-state index is 12.2. The summed E-state index contributed by atoms with van der Waals surface area (Å²) >= 11 is 0. The van der Waals surface area contributed by atoms with Crippen molar-refractivity contribution >= 4 is 6.03 Å². The van der Waals surface area contributed by atoms with Gasteiger partial charge < -0.3 is 20.5 Å². The molecule has 0 aromatic carbocycles. The highest BCUT2D eigenvalue weighted by molar-refractivity contribution is 5.74. The Hall–Kier alpha value is -0.810. The summed E-state index contributed by atoms with van der Waals surface area (Å²) in [4.78, 5) is 12.2. The number of amides is 2. The van der Waals surface area contributed by atoms with Gasteiger partial charge in [-0.15, -0.1) is 0 Å². The van der Waals surface area contributed by atoms with Gasteiger partial charge in [-0.25, -0.2) is 4.79 Å². The molecule has 5 heteroatoms. The molecule has 1 heterocycles. The molecule has 0 aromatic rings. The summed E-state index contributed by atoms with van der Waals surface area (Å²) in [6.07, 6.45) is 11.5. The quantitative estimate of drug-likeness (QED) is 0.744. The van der Waals surface area contributed by atoms with E-state index in [1.54, 1.807) is 0 Å². The number of carbonyl (C=O) groups is 1. The summed E-state index contributed by atoms with van der Waals surface area (Å²) in [6.45, 7) is 1.55. The van der Waals surface area contributed by atoms with E-state index in [1.807, 2.05) is 0 Å². The topological polar surface area (TPSA) is 70.6 Å². The molecule has 0 bridgehead atoms. The van der Waals surface area contributed by atoms with E-state index in [2.05, 4.69) is 10.6 Å². The third kappa shape index (κ3) is 2.86. The zero-order valence-corrected chi connectivity index (χ0v) is 14.0. The minimum Gasteiger partial charge on any atom is -0.396 e. The SMILES string of the molecule is O=C(NCC1(CO)CC2(CCC2)C1)NC1CCOC2(CCC2)C1. The molecule has 5 nitrogen and oxygen atoms in total. The van der Waals surface area contributed by atoms with E-state index < -0.39 is 0 Å². The van der Waals surface area contributed by atoms with E-state index in [-0.39, 0.29) is 29.7 Å². The number of ether oxygens (including phenoxy) is 1. The Morgan fingerprint density at radius 2 is 1.91 bits per heavy atom. The van der Waals surface area contributed by atoms with Crippen molar-refractivity contribution in [1.82, 2.24) is 10.6 Å². The van der Waals surface area contributed by atoms with Crippen LogP contribution in [0.3, 0.4) is 0 Å². The molecular formula is C18H30N2O3. The van der Waals surface area contributed by atoms with Gasteiger partial charge >= 0.3 is 6.03 Å². The maximum absolute atomic E-state index is 12.2. The van der Waals surface area contributed by atoms with Crippen LogP contribution in [-0.2, 0) is 4.74 Å². The lowest BCUT2D eigenvalue weighted by Gasteiger charge is -2.60. The molecule has 1 unspecified atom stereocenters. The number of hydrogen-bond acceptors (Lipinski definition) is 3. The van der Waals surface area contributed by atoms with Crippen molar-refractivity contribution in [3.8, 4) is 0 Å². The zero-order valence-electron chi connectivity index (χ0n) is 14.0. The number of nitrogens with one attached hydrogen (secondary N) is 2. The summed E-state index contributed by atoms with van der Waals surface area (Å²) in [5.74, 6) is 0. The molecule has 3 aliphatic carbocycles. The highest BCUT2D eigenvalue weighted by atomic mass is 16.5. The van der Waals surface area contributed by atoms with Crippen molar-refractivity contribution in [3.05, 3.63) is 0 Å². The predicted molar refractivity (Wildman–Crippen MR) is 87.1 cm³/mol. The molecule has 3 N–H and O–H groups in total. The third-order valence-electron chi connectivity index (χ3n) is 6.97. The summed E-state index contributed by atoms with van der Waals surface area (Å²) < 4.78 is 5.91. The largest absolute Gasteiger partial charge is 0.396 e. The summed E-state index contributed by atoms with van der Waals surface area (Å²) in [5, 5.41) is 15.9. The average Bonchev–Trinajstić information content (AvgIpc) is 2.43. The minimum atomic E-state index is -0.0752. The normalized spacial score (nSPS) is 32.5. The van der Waals surface area contributed by atoms with Crippen LogP contribution in [-0.4, -0.2) is 42.5 Å². The van der Waals surface area contributed by atoms with Crippen molar-refractivity contribution < 1.29 is 14.6 Å². The first-order chi connectivity index (χ1) is 11.1. The van der Waals surface area contributed by atoms with Crippen molar-refractivity contribution in [3.63, 3.8) is 0 Å². The van der Waals surface area contributed by atoms with Gasteiger partial charge in [0.1, 0.15) is 0 Å². The van der Waals surface area contributed by atoms with Gasteiger partial charge in [0.25, 0.3) is 0 Å². The molecule has 4 fully saturated rings. The number of aliphatic hydroxyl groups excluding tert-OH is 1. The van der Waals surface area contributed by atoms with Crippen LogP contribution in [0, 0.1) is 10.8 Å². The molecular weight excluding hydrogens is 292 g/mol. The molecule has 2 amide bonds. The number of urea groups is 1. The molecule has 0 radical (unpaired) electrons. The summed E-state index contributed by atoms with van der Waals surface area (Å²) in [5.41, 5.74) is 0.508. The van der Waals surface area contributed by atoms with Crippen LogP contribution in [0.4, 0.5) is 4.79 Å². The number of aliphatic hydroxyl groups is 1. The van der Waals surface area contributed by atoms with Gasteiger partial charge in [0.2, 0.25) is 0 Å². The monoisotopic (exact) mass is 322 g/mol. The van der Waals surface area contributed by atoms with Crippen molar-refractivity contribution in [2.24, 2.45) is 10.8 Å². The summed E-state index contributed by atoms with van der Waals surface area (Å²) in [7, 11) is 0. The van der Waals surface area contributed by atoms with Crippen molar-refractivity contribution in [1.29, 1.82) is 0 Å². The first kappa shape index (κ1) is 15.7. The lowest BCUT2D eigenvalue weighted by Crippen LogP contribution is -2.59. The van der Waals surface area contributed by atoms with Crippen LogP contribution in [0.15, 0.2) is 0 Å². The lowest BCUT2D eigenvalue weighted by molar-refractivity contribution is -0.134. The average molecular weight is 322 g/mol. The molecule has 23 heavy (non-hydrogen) atoms. The first-order valence-electron chi connectivity index (χ1n) is 9.36. The highest BCUT2D eigenvalue weighted by Crippen LogP contribution is 2.64. The number of carbonyl (C=O) groups excluding carboxylic acids is 1. The molecule has 4 rings (SSSR count). The lowest BCUT2D eigenvalue weighted by atomic mass is 9.45. The number of rotatable bonds is 4. The van der Waals surface area contributed by atoms with Crippen LogP contribution in [0.1, 0.15) is 64.2 Å². The van der Waals surface area contributed by atoms with E-state index in [4.69, 9.17) is 4.74 Å². The van der Waals surface area contributed by atoms with Crippen molar-refractivity contribution in [2.75, 3.05) is 19.8 Å². The van der Waals surface area contributed by atoms with Crippen molar-refractivity contribution in [2.45, 2.75) is 75.9 Å². The Kier molecular flexibility index (Phi) is 3.84. The molecule has 1 aliphatic heterocycles. The van der Waals surface area contributed by atoms with Crippen LogP contribution < -0.4 is 10.6 Å². The van der Waals surface area contributed by atoms with E-state index in [1.165, 1.54) is 25.7 Å². The smallest absolute Gasteiger partial charge is 0.315 e. The van der Waals surface area contributed by atoms with Gasteiger partial charge in [0, 0.05) is 24.6 Å². The highest BCUT2D eigenvalue weighted by Gasteiger charge is 2.56. The molecule has 4 aliphatic rings. The molecule has 2 spiro atoms. The van der Waals surface area contributed by atoms with Gasteiger partial charge in [-0.2, -0.15) is 0 Å². The second kappa shape index (κ2) is 5.62. The first-order valence-corrected chi connectivity index (χ1v) is 9.36. The van der Waals surface area contributed by atoms with Gasteiger partial charge in [-0.1, -0.05) is 6.42 Å². The van der Waals surface area contributed by atoms with E-state index in [9.17, 15) is 9.90 Å². The minimum absolute atomic E-state index is 0.0626. The Labute approximate surface area is 138 Å². The van der Waals surface area contributed by atoms with E-state index in [0.717, 1.165) is 45.1 Å². The summed E-state index contributed by atoms with van der Waals surface area (Å²) in [6, 6.07) is 0.155. The Morgan fingerprint density at radius 1 is 1.17 bits per heavy atom. The maximum Gasteiger partial charge on any atom is 0.315 e. The fourth-order valence-electron chi connectivity index (χ4n) is 5.44. The van der Waals surface area contributed by atoms with Gasteiger partial charge in [0.05, 0.1) is 12.2 Å².